The van der Waals surface area contributed by atoms with E-state index < -0.39 is 0 Å². The summed E-state index contributed by atoms with van der Waals surface area (Å²) in [7, 11) is 0. The molecule has 3 rings (SSSR count). The quantitative estimate of drug-likeness (QED) is 0.912. The van der Waals surface area contributed by atoms with Crippen molar-refractivity contribution in [2.45, 2.75) is 32.4 Å². The van der Waals surface area contributed by atoms with Crippen molar-refractivity contribution in [1.82, 2.24) is 5.32 Å². The van der Waals surface area contributed by atoms with Gasteiger partial charge in [0.15, 0.2) is 0 Å². The number of benzene rings is 1. The Morgan fingerprint density at radius 1 is 1.33 bits per heavy atom. The topological polar surface area (TPSA) is 25.2 Å². The molecule has 0 radical (unpaired) electrons. The molecule has 0 unspecified atom stereocenters. The summed E-state index contributed by atoms with van der Waals surface area (Å²) in [6.45, 7) is 3.05. The molecule has 3 heteroatoms. The summed E-state index contributed by atoms with van der Waals surface area (Å²) in [5.74, 6) is 0.917. The lowest BCUT2D eigenvalue weighted by Crippen LogP contribution is -2.15. The van der Waals surface area contributed by atoms with Gasteiger partial charge < -0.3 is 9.73 Å². The van der Waals surface area contributed by atoms with Crippen LogP contribution in [0.15, 0.2) is 39.4 Å². The Kier molecular flexibility index (Phi) is 3.27. The number of aryl methyl sites for hydroxylation is 1. The van der Waals surface area contributed by atoms with E-state index in [1.165, 1.54) is 29.5 Å². The number of hydrogen-bond donors (Lipinski definition) is 1. The standard InChI is InChI=1S/C15H16BrNO/c1-10-2-3-11(9-17-12-4-5-12)8-13(10)15-14(16)6-7-18-15/h2-3,6-8,12,17H,4-5,9H2,1H3. The number of nitrogens with one attached hydrogen (secondary N) is 1. The molecule has 0 amide bonds. The number of rotatable bonds is 4. The molecule has 1 saturated carbocycles. The molecule has 2 nitrogen and oxygen atoms in total. The van der Waals surface area contributed by atoms with Crippen molar-refractivity contribution in [2.24, 2.45) is 0 Å². The highest BCUT2D eigenvalue weighted by molar-refractivity contribution is 9.10. The Morgan fingerprint density at radius 2 is 2.17 bits per heavy atom. The molecule has 1 heterocycles. The highest BCUT2D eigenvalue weighted by Crippen LogP contribution is 2.32. The lowest BCUT2D eigenvalue weighted by Gasteiger charge is -2.08. The number of furan rings is 1. The van der Waals surface area contributed by atoms with Crippen LogP contribution in [0.5, 0.6) is 0 Å². The lowest BCUT2D eigenvalue weighted by molar-refractivity contribution is 0.580. The minimum Gasteiger partial charge on any atom is -0.463 e. The van der Waals surface area contributed by atoms with Crippen molar-refractivity contribution in [3.8, 4) is 11.3 Å². The van der Waals surface area contributed by atoms with E-state index in [9.17, 15) is 0 Å². The molecule has 18 heavy (non-hydrogen) atoms. The zero-order valence-electron chi connectivity index (χ0n) is 10.4. The van der Waals surface area contributed by atoms with Gasteiger partial charge in [-0.2, -0.15) is 0 Å². The van der Waals surface area contributed by atoms with Gasteiger partial charge in [-0.25, -0.2) is 0 Å². The van der Waals surface area contributed by atoms with Crippen molar-refractivity contribution in [3.63, 3.8) is 0 Å². The molecule has 0 saturated heterocycles. The molecular weight excluding hydrogens is 290 g/mol. The second kappa shape index (κ2) is 4.90. The average Bonchev–Trinajstić information content (AvgIpc) is 3.10. The lowest BCUT2D eigenvalue weighted by atomic mass is 10.0. The van der Waals surface area contributed by atoms with Crippen LogP contribution in [-0.4, -0.2) is 6.04 Å². The average molecular weight is 306 g/mol. The Hall–Kier alpha value is -1.06. The third kappa shape index (κ3) is 2.52. The third-order valence-electron chi connectivity index (χ3n) is 3.34. The first kappa shape index (κ1) is 12.0. The van der Waals surface area contributed by atoms with E-state index in [4.69, 9.17) is 4.42 Å². The van der Waals surface area contributed by atoms with Crippen molar-refractivity contribution >= 4 is 15.9 Å². The first-order chi connectivity index (χ1) is 8.74. The minimum atomic E-state index is 0.741. The molecule has 1 fully saturated rings. The van der Waals surface area contributed by atoms with Crippen LogP contribution in [0.1, 0.15) is 24.0 Å². The molecule has 1 aliphatic rings. The van der Waals surface area contributed by atoms with Crippen molar-refractivity contribution in [1.29, 1.82) is 0 Å². The summed E-state index contributed by atoms with van der Waals surface area (Å²) in [6.07, 6.45) is 4.36. The van der Waals surface area contributed by atoms with Gasteiger partial charge in [0.2, 0.25) is 0 Å². The monoisotopic (exact) mass is 305 g/mol. The van der Waals surface area contributed by atoms with Gasteiger partial charge in [0.1, 0.15) is 5.76 Å². The van der Waals surface area contributed by atoms with Crippen LogP contribution in [0, 0.1) is 6.92 Å². The maximum Gasteiger partial charge on any atom is 0.148 e. The van der Waals surface area contributed by atoms with E-state index >= 15 is 0 Å². The van der Waals surface area contributed by atoms with Gasteiger partial charge in [0.25, 0.3) is 0 Å². The predicted octanol–water partition coefficient (Wildman–Crippen LogP) is 4.27. The molecule has 1 aliphatic carbocycles. The fraction of sp³-hybridized carbons (Fsp3) is 0.333. The first-order valence-corrected chi connectivity index (χ1v) is 7.09. The van der Waals surface area contributed by atoms with Crippen molar-refractivity contribution in [2.75, 3.05) is 0 Å². The summed E-state index contributed by atoms with van der Waals surface area (Å²) in [5, 5.41) is 3.54. The maximum atomic E-state index is 5.56. The van der Waals surface area contributed by atoms with E-state index in [-0.39, 0.29) is 0 Å². The second-order valence-corrected chi connectivity index (χ2v) is 5.76. The summed E-state index contributed by atoms with van der Waals surface area (Å²) in [4.78, 5) is 0. The summed E-state index contributed by atoms with van der Waals surface area (Å²) in [5.41, 5.74) is 3.72. The maximum absolute atomic E-state index is 5.56. The first-order valence-electron chi connectivity index (χ1n) is 6.30. The van der Waals surface area contributed by atoms with Crippen molar-refractivity contribution in [3.05, 3.63) is 46.1 Å². The van der Waals surface area contributed by atoms with Crippen LogP contribution in [0.3, 0.4) is 0 Å². The SMILES string of the molecule is Cc1ccc(CNC2CC2)cc1-c1occc1Br. The number of halogens is 1. The minimum absolute atomic E-state index is 0.741. The molecule has 1 aromatic heterocycles. The summed E-state index contributed by atoms with van der Waals surface area (Å²) >= 11 is 3.52. The van der Waals surface area contributed by atoms with Gasteiger partial charge in [-0.05, 0) is 59.0 Å². The Morgan fingerprint density at radius 3 is 2.83 bits per heavy atom. The summed E-state index contributed by atoms with van der Waals surface area (Å²) in [6, 6.07) is 9.24. The van der Waals surface area contributed by atoms with Crippen LogP contribution >= 0.6 is 15.9 Å². The molecular formula is C15H16BrNO. The van der Waals surface area contributed by atoms with E-state index in [0.717, 1.165) is 22.8 Å². The van der Waals surface area contributed by atoms with E-state index in [2.05, 4.69) is 46.4 Å². The fourth-order valence-electron chi connectivity index (χ4n) is 2.06. The van der Waals surface area contributed by atoms with Crippen LogP contribution < -0.4 is 5.32 Å². The highest BCUT2D eigenvalue weighted by Gasteiger charge is 2.20. The molecule has 0 aliphatic heterocycles. The van der Waals surface area contributed by atoms with Crippen LogP contribution in [0.4, 0.5) is 0 Å². The van der Waals surface area contributed by atoms with Gasteiger partial charge in [-0.1, -0.05) is 12.1 Å². The molecule has 2 aromatic rings. The van der Waals surface area contributed by atoms with Gasteiger partial charge in [0.05, 0.1) is 10.7 Å². The molecule has 94 valence electrons. The zero-order chi connectivity index (χ0) is 12.5. The second-order valence-electron chi connectivity index (χ2n) is 4.90. The smallest absolute Gasteiger partial charge is 0.148 e. The Bertz CT molecular complexity index is 557. The Labute approximate surface area is 116 Å². The highest BCUT2D eigenvalue weighted by atomic mass is 79.9. The van der Waals surface area contributed by atoms with Gasteiger partial charge in [-0.15, -0.1) is 0 Å². The number of hydrogen-bond acceptors (Lipinski definition) is 2. The summed E-state index contributed by atoms with van der Waals surface area (Å²) < 4.78 is 6.57. The normalized spacial score (nSPS) is 15.0. The van der Waals surface area contributed by atoms with Gasteiger partial charge >= 0.3 is 0 Å². The van der Waals surface area contributed by atoms with Crippen LogP contribution in [0.2, 0.25) is 0 Å². The molecule has 1 aromatic carbocycles. The van der Waals surface area contributed by atoms with Gasteiger partial charge in [0, 0.05) is 18.2 Å². The Balaban J connectivity index is 1.87. The van der Waals surface area contributed by atoms with Crippen LogP contribution in [0.25, 0.3) is 11.3 Å². The predicted molar refractivity (Wildman–Crippen MR) is 76.4 cm³/mol. The van der Waals surface area contributed by atoms with Crippen molar-refractivity contribution < 1.29 is 4.42 Å². The molecule has 1 N–H and O–H groups in total. The zero-order valence-corrected chi connectivity index (χ0v) is 12.0. The molecule has 0 atom stereocenters. The third-order valence-corrected chi connectivity index (χ3v) is 3.96. The van der Waals surface area contributed by atoms with E-state index in [1.54, 1.807) is 6.26 Å². The van der Waals surface area contributed by atoms with Gasteiger partial charge in [-0.3, -0.25) is 0 Å². The van der Waals surface area contributed by atoms with E-state index in [1.807, 2.05) is 6.07 Å². The largest absolute Gasteiger partial charge is 0.463 e. The fourth-order valence-corrected chi connectivity index (χ4v) is 2.47. The molecule has 0 spiro atoms. The molecule has 0 bridgehead atoms. The van der Waals surface area contributed by atoms with E-state index in [0.29, 0.717) is 0 Å². The van der Waals surface area contributed by atoms with Crippen LogP contribution in [-0.2, 0) is 6.54 Å².